The van der Waals surface area contributed by atoms with Gasteiger partial charge < -0.3 is 24.9 Å². The Hall–Kier alpha value is -5.29. The van der Waals surface area contributed by atoms with Gasteiger partial charge in [-0.15, -0.1) is 6.58 Å². The fourth-order valence-corrected chi connectivity index (χ4v) is 4.46. The zero-order valence-electron chi connectivity index (χ0n) is 22.8. The molecule has 1 amide bonds. The van der Waals surface area contributed by atoms with Crippen molar-refractivity contribution >= 4 is 28.9 Å². The van der Waals surface area contributed by atoms with Crippen LogP contribution in [0.1, 0.15) is 39.5 Å². The van der Waals surface area contributed by atoms with Crippen LogP contribution in [0, 0.1) is 11.3 Å². The molecule has 208 valence electrons. The lowest BCUT2D eigenvalue weighted by Gasteiger charge is -2.17. The predicted molar refractivity (Wildman–Crippen MR) is 158 cm³/mol. The molecule has 0 spiro atoms. The van der Waals surface area contributed by atoms with E-state index in [1.165, 1.54) is 18.2 Å². The van der Waals surface area contributed by atoms with E-state index in [-0.39, 0.29) is 17.7 Å². The first-order valence-electron chi connectivity index (χ1n) is 13.2. The van der Waals surface area contributed by atoms with E-state index in [2.05, 4.69) is 16.9 Å². The van der Waals surface area contributed by atoms with Crippen molar-refractivity contribution in [2.45, 2.75) is 26.4 Å². The number of allylic oxidation sites excluding steroid dienone is 1. The number of H-pyrrole nitrogens is 1. The van der Waals surface area contributed by atoms with Gasteiger partial charge in [0.1, 0.15) is 18.2 Å². The van der Waals surface area contributed by atoms with Gasteiger partial charge in [0.25, 0.3) is 5.91 Å². The van der Waals surface area contributed by atoms with Crippen molar-refractivity contribution in [3.05, 3.63) is 113 Å². The summed E-state index contributed by atoms with van der Waals surface area (Å²) < 4.78 is 12.0. The van der Waals surface area contributed by atoms with Gasteiger partial charge in [0.2, 0.25) is 0 Å². The highest BCUT2D eigenvalue weighted by molar-refractivity contribution is 6.01. The fourth-order valence-electron chi connectivity index (χ4n) is 4.46. The average molecular weight is 550 g/mol. The van der Waals surface area contributed by atoms with Crippen LogP contribution >= 0.6 is 0 Å². The van der Waals surface area contributed by atoms with Crippen LogP contribution in [0.4, 0.5) is 0 Å². The second-order valence-corrected chi connectivity index (χ2v) is 9.26. The number of carboxylic acid groups (broad SMARTS) is 1. The number of nitrogens with zero attached hydrogens (tertiary/aromatic N) is 1. The minimum absolute atomic E-state index is 0.0249. The number of benzene rings is 3. The highest BCUT2D eigenvalue weighted by Crippen LogP contribution is 2.35. The van der Waals surface area contributed by atoms with Crippen LogP contribution in [0.15, 0.2) is 85.1 Å². The largest absolute Gasteiger partial charge is 0.490 e. The van der Waals surface area contributed by atoms with Gasteiger partial charge >= 0.3 is 5.97 Å². The van der Waals surface area contributed by atoms with Crippen molar-refractivity contribution < 1.29 is 24.2 Å². The third kappa shape index (κ3) is 7.22. The van der Waals surface area contributed by atoms with Gasteiger partial charge in [-0.05, 0) is 72.9 Å². The van der Waals surface area contributed by atoms with Crippen LogP contribution in [-0.4, -0.2) is 35.1 Å². The van der Waals surface area contributed by atoms with Crippen molar-refractivity contribution in [3.63, 3.8) is 0 Å². The smallest absolute Gasteiger partial charge is 0.335 e. The number of amides is 1. The van der Waals surface area contributed by atoms with E-state index in [0.717, 1.165) is 27.6 Å². The number of aromatic amines is 1. The van der Waals surface area contributed by atoms with E-state index in [0.29, 0.717) is 43.1 Å². The third-order valence-corrected chi connectivity index (χ3v) is 6.43. The highest BCUT2D eigenvalue weighted by atomic mass is 16.5. The topological polar surface area (TPSA) is 124 Å². The molecule has 3 N–H and O–H groups in total. The summed E-state index contributed by atoms with van der Waals surface area (Å²) in [4.78, 5) is 27.2. The summed E-state index contributed by atoms with van der Waals surface area (Å²) in [7, 11) is 0. The van der Waals surface area contributed by atoms with Crippen LogP contribution in [0.5, 0.6) is 11.5 Å². The standard InChI is InChI=1S/C33H31N3O5/c1-3-7-25-16-23(18-30(40-4-2)31(25)41-21-22-10-12-24(13-11-22)33(38)39)17-27(19-34)32(37)35-15-14-26-20-36-29-9-6-5-8-28(26)29/h3,5-6,8-13,16-18,20,36H,1,4,7,14-15,21H2,2H3,(H,35,37)(H,38,39)/b27-17-. The third-order valence-electron chi connectivity index (χ3n) is 6.43. The van der Waals surface area contributed by atoms with Crippen molar-refractivity contribution in [3.8, 4) is 17.6 Å². The van der Waals surface area contributed by atoms with E-state index in [9.17, 15) is 14.9 Å². The Morgan fingerprint density at radius 3 is 2.59 bits per heavy atom. The number of rotatable bonds is 13. The zero-order valence-corrected chi connectivity index (χ0v) is 22.8. The molecule has 8 heteroatoms. The number of para-hydroxylation sites is 1. The summed E-state index contributed by atoms with van der Waals surface area (Å²) in [6.45, 7) is 6.65. The van der Waals surface area contributed by atoms with Gasteiger partial charge in [0, 0.05) is 29.2 Å². The monoisotopic (exact) mass is 549 g/mol. The minimum Gasteiger partial charge on any atom is -0.490 e. The zero-order chi connectivity index (χ0) is 29.2. The van der Waals surface area contributed by atoms with Crippen LogP contribution < -0.4 is 14.8 Å². The Bertz CT molecular complexity index is 1630. The number of nitrogens with one attached hydrogen (secondary N) is 2. The molecular weight excluding hydrogens is 518 g/mol. The Morgan fingerprint density at radius 1 is 1.10 bits per heavy atom. The number of nitriles is 1. The van der Waals surface area contributed by atoms with E-state index in [1.54, 1.807) is 24.3 Å². The molecule has 0 saturated heterocycles. The van der Waals surface area contributed by atoms with Crippen molar-refractivity contribution in [2.24, 2.45) is 0 Å². The van der Waals surface area contributed by atoms with Crippen molar-refractivity contribution in [1.29, 1.82) is 5.26 Å². The number of ether oxygens (including phenoxy) is 2. The lowest BCUT2D eigenvalue weighted by molar-refractivity contribution is -0.117. The first-order valence-corrected chi connectivity index (χ1v) is 13.2. The average Bonchev–Trinajstić information content (AvgIpc) is 3.39. The summed E-state index contributed by atoms with van der Waals surface area (Å²) in [5.74, 6) is -0.460. The summed E-state index contributed by atoms with van der Waals surface area (Å²) in [5.41, 5.74) is 4.48. The first kappa shape index (κ1) is 28.7. The quantitative estimate of drug-likeness (QED) is 0.109. The SMILES string of the molecule is C=CCc1cc(/C=C(/C#N)C(=O)NCCc2c[nH]c3ccccc23)cc(OCC)c1OCc1ccc(C(=O)O)cc1. The normalized spacial score (nSPS) is 11.1. The Balaban J connectivity index is 1.51. The number of carbonyl (C=O) groups excluding carboxylic acids is 1. The lowest BCUT2D eigenvalue weighted by atomic mass is 10.0. The van der Waals surface area contributed by atoms with E-state index >= 15 is 0 Å². The highest BCUT2D eigenvalue weighted by Gasteiger charge is 2.16. The number of aromatic nitrogens is 1. The Morgan fingerprint density at radius 2 is 1.88 bits per heavy atom. The molecule has 8 nitrogen and oxygen atoms in total. The van der Waals surface area contributed by atoms with E-state index in [4.69, 9.17) is 14.6 Å². The van der Waals surface area contributed by atoms with Crippen LogP contribution in [-0.2, 0) is 24.2 Å². The Kier molecular flexibility index (Phi) is 9.57. The van der Waals surface area contributed by atoms with Gasteiger partial charge in [0.15, 0.2) is 11.5 Å². The number of fused-ring (bicyclic) bond motifs is 1. The molecule has 0 atom stereocenters. The molecule has 0 bridgehead atoms. The van der Waals surface area contributed by atoms with Gasteiger partial charge in [-0.3, -0.25) is 4.79 Å². The van der Waals surface area contributed by atoms with Crippen molar-refractivity contribution in [1.82, 2.24) is 10.3 Å². The summed E-state index contributed by atoms with van der Waals surface area (Å²) in [6, 6.07) is 20.0. The Labute approximate surface area is 238 Å². The molecule has 1 heterocycles. The van der Waals surface area contributed by atoms with Crippen LogP contribution in [0.2, 0.25) is 0 Å². The minimum atomic E-state index is -0.993. The first-order chi connectivity index (χ1) is 19.9. The number of carboxylic acids is 1. The lowest BCUT2D eigenvalue weighted by Crippen LogP contribution is -2.26. The molecule has 0 fully saturated rings. The maximum atomic E-state index is 12.9. The second-order valence-electron chi connectivity index (χ2n) is 9.26. The molecule has 3 aromatic carbocycles. The van der Waals surface area contributed by atoms with Gasteiger partial charge in [0.05, 0.1) is 12.2 Å². The van der Waals surface area contributed by atoms with Crippen molar-refractivity contribution in [2.75, 3.05) is 13.2 Å². The molecule has 1 aromatic heterocycles. The number of hydrogen-bond acceptors (Lipinski definition) is 5. The van der Waals surface area contributed by atoms with Crippen LogP contribution in [0.25, 0.3) is 17.0 Å². The summed E-state index contributed by atoms with van der Waals surface area (Å²) >= 11 is 0. The molecule has 0 aliphatic heterocycles. The predicted octanol–water partition coefficient (Wildman–Crippen LogP) is 5.84. The van der Waals surface area contributed by atoms with Crippen LogP contribution in [0.3, 0.4) is 0 Å². The maximum absolute atomic E-state index is 12.9. The van der Waals surface area contributed by atoms with Gasteiger partial charge in [-0.25, -0.2) is 4.79 Å². The number of aromatic carboxylic acids is 1. The van der Waals surface area contributed by atoms with Gasteiger partial charge in [-0.1, -0.05) is 36.4 Å². The van der Waals surface area contributed by atoms with Gasteiger partial charge in [-0.2, -0.15) is 5.26 Å². The van der Waals surface area contributed by atoms with E-state index < -0.39 is 11.9 Å². The summed E-state index contributed by atoms with van der Waals surface area (Å²) in [5, 5.41) is 22.8. The molecule has 0 unspecified atom stereocenters. The molecular formula is C33H31N3O5. The number of carbonyl (C=O) groups is 2. The molecule has 4 rings (SSSR count). The maximum Gasteiger partial charge on any atom is 0.335 e. The summed E-state index contributed by atoms with van der Waals surface area (Å²) in [6.07, 6.45) is 6.29. The molecule has 41 heavy (non-hydrogen) atoms. The molecule has 0 saturated carbocycles. The van der Waals surface area contributed by atoms with E-state index in [1.807, 2.05) is 49.5 Å². The second kappa shape index (κ2) is 13.7. The molecule has 0 aliphatic carbocycles. The number of hydrogen-bond donors (Lipinski definition) is 3. The molecule has 4 aromatic rings. The fraction of sp³-hybridized carbons (Fsp3) is 0.182. The molecule has 0 aliphatic rings. The molecule has 0 radical (unpaired) electrons.